The fourth-order valence-corrected chi connectivity index (χ4v) is 8.07. The van der Waals surface area contributed by atoms with E-state index in [1.54, 1.807) is 0 Å². The molecule has 4 rings (SSSR count). The average molecular weight is 395 g/mol. The summed E-state index contributed by atoms with van der Waals surface area (Å²) in [6, 6.07) is 0. The van der Waals surface area contributed by atoms with Crippen LogP contribution in [0.1, 0.15) is 87.7 Å². The predicted molar refractivity (Wildman–Crippen MR) is 109 cm³/mol. The number of fused-ring (bicyclic) bond motifs is 5. The number of aliphatic hydroxyl groups excluding tert-OH is 2. The first-order valence-corrected chi connectivity index (χ1v) is 11.4. The van der Waals surface area contributed by atoms with Gasteiger partial charge in [0, 0.05) is 9.16 Å². The van der Waals surface area contributed by atoms with Crippen LogP contribution in [0.5, 0.6) is 0 Å². The van der Waals surface area contributed by atoms with Crippen molar-refractivity contribution in [1.29, 1.82) is 0 Å². The minimum Gasteiger partial charge on any atom is -0.481 e. The van der Waals surface area contributed by atoms with E-state index in [-0.39, 0.29) is 58.9 Å². The second-order valence-electron chi connectivity index (χ2n) is 11.0. The quantitative estimate of drug-likeness (QED) is 0.657. The Hall–Kier alpha value is -0.610. The number of aliphatic carboxylic acids is 1. The molecule has 12 atom stereocenters. The molecule has 4 aliphatic carbocycles. The van der Waals surface area contributed by atoms with E-state index in [1.165, 1.54) is 0 Å². The molecule has 28 heavy (non-hydrogen) atoms. The van der Waals surface area contributed by atoms with Gasteiger partial charge in [-0.3, -0.25) is 4.79 Å². The number of carboxylic acid groups (broad SMARTS) is 1. The summed E-state index contributed by atoms with van der Waals surface area (Å²) in [4.78, 5) is 11.1. The second-order valence-corrected chi connectivity index (χ2v) is 11.0. The lowest BCUT2D eigenvalue weighted by atomic mass is 9.43. The summed E-state index contributed by atoms with van der Waals surface area (Å²) < 4.78 is 18.4. The maximum absolute atomic E-state index is 11.3. The molecule has 0 aromatic rings. The highest BCUT2D eigenvalue weighted by Crippen LogP contribution is 2.68. The van der Waals surface area contributed by atoms with E-state index < -0.39 is 24.9 Å². The molecule has 0 bridgehead atoms. The normalized spacial score (nSPS) is 58.0. The first-order valence-electron chi connectivity index (χ1n) is 12.6. The van der Waals surface area contributed by atoms with Crippen molar-refractivity contribution < 1.29 is 22.9 Å². The molecule has 0 aromatic carbocycles. The third-order valence-corrected chi connectivity index (χ3v) is 9.67. The highest BCUT2D eigenvalue weighted by molar-refractivity contribution is 5.66. The van der Waals surface area contributed by atoms with Gasteiger partial charge in [0.1, 0.15) is 0 Å². The van der Waals surface area contributed by atoms with Gasteiger partial charge in [-0.25, -0.2) is 0 Å². The zero-order valence-electron chi connectivity index (χ0n) is 19.7. The maximum Gasteiger partial charge on any atom is 0.303 e. The summed E-state index contributed by atoms with van der Waals surface area (Å²) in [7, 11) is 0. The smallest absolute Gasteiger partial charge is 0.303 e. The largest absolute Gasteiger partial charge is 0.481 e. The van der Waals surface area contributed by atoms with Crippen LogP contribution in [0.15, 0.2) is 0 Å². The molecule has 0 saturated heterocycles. The Morgan fingerprint density at radius 1 is 1.14 bits per heavy atom. The van der Waals surface area contributed by atoms with Crippen LogP contribution in [0.4, 0.5) is 0 Å². The van der Waals surface area contributed by atoms with Crippen LogP contribution < -0.4 is 0 Å². The monoisotopic (exact) mass is 394 g/mol. The molecule has 0 aliphatic heterocycles. The summed E-state index contributed by atoms with van der Waals surface area (Å²) in [5.41, 5.74) is -0.424. The van der Waals surface area contributed by atoms with Gasteiger partial charge < -0.3 is 15.3 Å². The maximum atomic E-state index is 11.3. The van der Waals surface area contributed by atoms with Crippen molar-refractivity contribution >= 4 is 5.97 Å². The van der Waals surface area contributed by atoms with E-state index in [2.05, 4.69) is 20.8 Å². The molecule has 0 radical (unpaired) electrons. The van der Waals surface area contributed by atoms with Crippen molar-refractivity contribution in [3.63, 3.8) is 0 Å². The van der Waals surface area contributed by atoms with Crippen LogP contribution in [-0.2, 0) is 4.79 Å². The Morgan fingerprint density at radius 2 is 1.89 bits per heavy atom. The highest BCUT2D eigenvalue weighted by atomic mass is 16.4. The molecule has 4 saturated carbocycles. The zero-order valence-corrected chi connectivity index (χ0v) is 17.7. The molecule has 4 heteroatoms. The molecular formula is C24H40O4. The van der Waals surface area contributed by atoms with Crippen LogP contribution in [0.3, 0.4) is 0 Å². The number of hydrogen-bond donors (Lipinski definition) is 3. The van der Waals surface area contributed by atoms with Gasteiger partial charge in [0.2, 0.25) is 0 Å². The Kier molecular flexibility index (Phi) is 4.72. The van der Waals surface area contributed by atoms with E-state index in [1.807, 2.05) is 0 Å². The Labute approximate surface area is 172 Å². The summed E-state index contributed by atoms with van der Waals surface area (Å²) in [6.07, 6.45) is 3.96. The molecular weight excluding hydrogens is 352 g/mol. The lowest BCUT2D eigenvalue weighted by Crippen LogP contribution is -2.58. The molecule has 3 N–H and O–H groups in total. The van der Waals surface area contributed by atoms with Crippen molar-refractivity contribution in [2.75, 3.05) is 0 Å². The lowest BCUT2D eigenvalue weighted by molar-refractivity contribution is -0.174. The zero-order chi connectivity index (χ0) is 22.0. The van der Waals surface area contributed by atoms with E-state index >= 15 is 0 Å². The van der Waals surface area contributed by atoms with Crippen molar-refractivity contribution in [3.8, 4) is 0 Å². The molecule has 0 amide bonds. The molecule has 0 aromatic heterocycles. The number of carbonyl (C=O) groups is 1. The lowest BCUT2D eigenvalue weighted by Gasteiger charge is -2.62. The Morgan fingerprint density at radius 3 is 2.61 bits per heavy atom. The second kappa shape index (κ2) is 7.27. The fraction of sp³-hybridized carbons (Fsp3) is 0.958. The predicted octanol–water partition coefficient (Wildman–Crippen LogP) is 4.48. The minimum atomic E-state index is -0.771. The van der Waals surface area contributed by atoms with Gasteiger partial charge >= 0.3 is 5.97 Å². The van der Waals surface area contributed by atoms with Gasteiger partial charge in [0.25, 0.3) is 0 Å². The third kappa shape index (κ3) is 3.14. The van der Waals surface area contributed by atoms with E-state index in [0.717, 1.165) is 25.7 Å². The van der Waals surface area contributed by atoms with Crippen LogP contribution in [-0.4, -0.2) is 33.5 Å². The Bertz CT molecular complexity index is 674. The number of aliphatic hydroxyl groups is 2. The molecule has 4 nitrogen and oxygen atoms in total. The van der Waals surface area contributed by atoms with Crippen LogP contribution >= 0.6 is 0 Å². The minimum absolute atomic E-state index is 0.00685. The van der Waals surface area contributed by atoms with Gasteiger partial charge in [-0.1, -0.05) is 20.8 Å². The SMILES string of the molecule is [2H]C1C([2H])[C@]2(C)[C@@H]([C@H](C)CCC(=O)O)CC[C@H]2[C@@H]2[C@H](O)CC3C[C@H](O)CC[C@]3(C)[C@@H]12. The van der Waals surface area contributed by atoms with Gasteiger partial charge in [0.05, 0.1) is 12.2 Å². The summed E-state index contributed by atoms with van der Waals surface area (Å²) >= 11 is 0. The van der Waals surface area contributed by atoms with Crippen LogP contribution in [0.25, 0.3) is 0 Å². The van der Waals surface area contributed by atoms with E-state index in [9.17, 15) is 17.7 Å². The van der Waals surface area contributed by atoms with Gasteiger partial charge in [0.15, 0.2) is 0 Å². The molecule has 160 valence electrons. The topological polar surface area (TPSA) is 77.8 Å². The van der Waals surface area contributed by atoms with Crippen molar-refractivity contribution in [2.45, 2.75) is 97.1 Å². The molecule has 4 fully saturated rings. The number of carboxylic acids is 1. The number of hydrogen-bond acceptors (Lipinski definition) is 3. The summed E-state index contributed by atoms with van der Waals surface area (Å²) in [5, 5.41) is 30.7. The van der Waals surface area contributed by atoms with Crippen molar-refractivity contribution in [1.82, 2.24) is 0 Å². The van der Waals surface area contributed by atoms with Crippen LogP contribution in [0, 0.1) is 46.3 Å². The molecule has 3 unspecified atom stereocenters. The Balaban J connectivity index is 1.66. The molecule has 4 aliphatic rings. The average Bonchev–Trinajstić information content (AvgIpc) is 3.03. The third-order valence-electron chi connectivity index (χ3n) is 9.67. The van der Waals surface area contributed by atoms with E-state index in [4.69, 9.17) is 5.11 Å². The summed E-state index contributed by atoms with van der Waals surface area (Å²) in [6.45, 7) is 6.57. The van der Waals surface area contributed by atoms with Crippen molar-refractivity contribution in [2.24, 2.45) is 46.3 Å². The van der Waals surface area contributed by atoms with Crippen LogP contribution in [0.2, 0.25) is 0 Å². The summed E-state index contributed by atoms with van der Waals surface area (Å²) in [5.74, 6) is 0.189. The highest BCUT2D eigenvalue weighted by Gasteiger charge is 2.62. The van der Waals surface area contributed by atoms with Gasteiger partial charge in [-0.15, -0.1) is 0 Å². The first-order chi connectivity index (χ1) is 14.0. The molecule has 0 spiro atoms. The van der Waals surface area contributed by atoms with Gasteiger partial charge in [-0.2, -0.15) is 0 Å². The number of rotatable bonds is 4. The first kappa shape index (κ1) is 18.2. The van der Waals surface area contributed by atoms with E-state index in [0.29, 0.717) is 19.3 Å². The van der Waals surface area contributed by atoms with Crippen molar-refractivity contribution in [3.05, 3.63) is 0 Å². The fourth-order valence-electron chi connectivity index (χ4n) is 8.07. The molecule has 0 heterocycles. The standard InChI is InChI=1S/C24H40O4/c1-14(4-7-21(27)28)17-5-6-18-22-19(9-11-24(17,18)3)23(2)10-8-16(25)12-15(23)13-20(22)26/h14-20,22,25-26H,4-13H2,1-3H3,(H,27,28)/t14-,15?,16-,17-,18+,19+,20-,22+,23+,24-/m1/s1/i9D,11D/t9?,11?,14-,15?,16-,17-,18+,19+,20-,22+,23+,24-. The van der Waals surface area contributed by atoms with Gasteiger partial charge in [-0.05, 0) is 104 Å².